The van der Waals surface area contributed by atoms with Crippen LogP contribution in [0.5, 0.6) is 0 Å². The summed E-state index contributed by atoms with van der Waals surface area (Å²) >= 11 is -1.42. The zero-order valence-electron chi connectivity index (χ0n) is 3.13. The van der Waals surface area contributed by atoms with Gasteiger partial charge in [0.15, 0.2) is 0 Å². The van der Waals surface area contributed by atoms with Gasteiger partial charge in [0.05, 0.1) is 0 Å². The Morgan fingerprint density at radius 2 is 1.67 bits per heavy atom. The monoisotopic (exact) mass is 110 g/mol. The normalized spacial score (nSPS) is 10.0. The van der Waals surface area contributed by atoms with Gasteiger partial charge < -0.3 is 14.8 Å². The van der Waals surface area contributed by atoms with Crippen molar-refractivity contribution in [3.05, 3.63) is 0 Å². The van der Waals surface area contributed by atoms with Gasteiger partial charge in [-0.1, -0.05) is 0 Å². The molecule has 0 aliphatic rings. The van der Waals surface area contributed by atoms with E-state index in [2.05, 4.69) is 0 Å². The average Bonchev–Trinajstić information content (AvgIpc) is 1.65. The fourth-order valence-corrected chi connectivity index (χ4v) is 0.122. The van der Waals surface area contributed by atoms with Crippen LogP contribution in [0.25, 0.3) is 0 Å². The molecule has 0 rings (SSSR count). The summed E-state index contributed by atoms with van der Waals surface area (Å²) in [6, 6.07) is 0. The Bertz CT molecular complexity index is 28.0. The lowest BCUT2D eigenvalue weighted by Crippen LogP contribution is -2.08. The third-order valence-corrected chi connectivity index (χ3v) is 0.864. The van der Waals surface area contributed by atoms with Gasteiger partial charge in [-0.3, -0.25) is 0 Å². The van der Waals surface area contributed by atoms with Gasteiger partial charge in [0.25, 0.3) is 0 Å². The summed E-state index contributed by atoms with van der Waals surface area (Å²) in [4.78, 5) is 0. The largest absolute Gasteiger partial charge is 0.613 e. The van der Waals surface area contributed by atoms with Gasteiger partial charge in [-0.2, -0.15) is 0 Å². The SMILES string of the molecule is [O-][S+](CO)CO. The van der Waals surface area contributed by atoms with Crippen molar-refractivity contribution in [3.63, 3.8) is 0 Å². The van der Waals surface area contributed by atoms with E-state index < -0.39 is 23.1 Å². The van der Waals surface area contributed by atoms with Crippen molar-refractivity contribution in [1.82, 2.24) is 0 Å². The van der Waals surface area contributed by atoms with Crippen molar-refractivity contribution in [1.29, 1.82) is 0 Å². The molecule has 0 aromatic rings. The Morgan fingerprint density at radius 3 is 1.67 bits per heavy atom. The van der Waals surface area contributed by atoms with E-state index in [1.54, 1.807) is 0 Å². The van der Waals surface area contributed by atoms with Crippen molar-refractivity contribution < 1.29 is 14.8 Å². The number of aliphatic hydroxyl groups excluding tert-OH is 2. The van der Waals surface area contributed by atoms with E-state index in [9.17, 15) is 4.55 Å². The van der Waals surface area contributed by atoms with Crippen LogP contribution in [0.3, 0.4) is 0 Å². The van der Waals surface area contributed by atoms with Gasteiger partial charge in [-0.15, -0.1) is 0 Å². The van der Waals surface area contributed by atoms with Gasteiger partial charge in [-0.25, -0.2) is 0 Å². The van der Waals surface area contributed by atoms with Gasteiger partial charge in [0, 0.05) is 11.2 Å². The highest BCUT2D eigenvalue weighted by Crippen LogP contribution is 1.79. The molecular weight excluding hydrogens is 104 g/mol. The molecule has 4 heteroatoms. The maximum Gasteiger partial charge on any atom is 0.205 e. The Kier molecular flexibility index (Phi) is 3.55. The first kappa shape index (κ1) is 6.23. The van der Waals surface area contributed by atoms with Crippen molar-refractivity contribution in [2.24, 2.45) is 0 Å². The molecule has 0 bridgehead atoms. The third kappa shape index (κ3) is 2.47. The van der Waals surface area contributed by atoms with Crippen molar-refractivity contribution in [2.45, 2.75) is 0 Å². The Labute approximate surface area is 38.8 Å². The van der Waals surface area contributed by atoms with Gasteiger partial charge in [0.2, 0.25) is 11.9 Å². The van der Waals surface area contributed by atoms with Crippen LogP contribution in [0, 0.1) is 0 Å². The quantitative estimate of drug-likeness (QED) is 0.431. The van der Waals surface area contributed by atoms with Crippen molar-refractivity contribution >= 4 is 11.2 Å². The summed E-state index contributed by atoms with van der Waals surface area (Å²) in [6.45, 7) is 0. The second kappa shape index (κ2) is 3.42. The topological polar surface area (TPSA) is 63.5 Å². The second-order valence-corrected chi connectivity index (χ2v) is 2.09. The second-order valence-electron chi connectivity index (χ2n) is 0.698. The van der Waals surface area contributed by atoms with Crippen LogP contribution in [0.4, 0.5) is 0 Å². The number of hydrogen-bond donors (Lipinski definition) is 2. The fourth-order valence-electron chi connectivity index (χ4n) is 0.0408. The zero-order valence-corrected chi connectivity index (χ0v) is 3.94. The minimum Gasteiger partial charge on any atom is -0.613 e. The maximum atomic E-state index is 9.79. The first-order chi connectivity index (χ1) is 2.81. The Morgan fingerprint density at radius 1 is 1.33 bits per heavy atom. The molecular formula is C2H6O3S. The first-order valence-corrected chi connectivity index (χ1v) is 2.86. The average molecular weight is 110 g/mol. The molecule has 38 valence electrons. The summed E-state index contributed by atoms with van der Waals surface area (Å²) in [5.41, 5.74) is 0. The molecule has 0 radical (unpaired) electrons. The molecule has 0 aliphatic carbocycles. The van der Waals surface area contributed by atoms with E-state index >= 15 is 0 Å². The molecule has 0 heterocycles. The summed E-state index contributed by atoms with van der Waals surface area (Å²) in [5, 5.41) is 15.7. The van der Waals surface area contributed by atoms with Crippen LogP contribution >= 0.6 is 0 Å². The molecule has 0 aromatic carbocycles. The lowest BCUT2D eigenvalue weighted by atomic mass is 11.7. The lowest BCUT2D eigenvalue weighted by molar-refractivity contribution is 0.327. The van der Waals surface area contributed by atoms with E-state index in [4.69, 9.17) is 10.2 Å². The van der Waals surface area contributed by atoms with Gasteiger partial charge in [0.1, 0.15) is 0 Å². The molecule has 0 saturated heterocycles. The molecule has 0 unspecified atom stereocenters. The summed E-state index contributed by atoms with van der Waals surface area (Å²) in [6.07, 6.45) is 0. The molecule has 0 atom stereocenters. The molecule has 0 saturated carbocycles. The highest BCUT2D eigenvalue weighted by atomic mass is 32.2. The van der Waals surface area contributed by atoms with E-state index in [0.29, 0.717) is 0 Å². The van der Waals surface area contributed by atoms with E-state index in [1.165, 1.54) is 0 Å². The van der Waals surface area contributed by atoms with Crippen LogP contribution in [0.1, 0.15) is 0 Å². The van der Waals surface area contributed by atoms with E-state index in [0.717, 1.165) is 0 Å². The number of hydrogen-bond acceptors (Lipinski definition) is 3. The van der Waals surface area contributed by atoms with Gasteiger partial charge >= 0.3 is 0 Å². The van der Waals surface area contributed by atoms with E-state index in [1.807, 2.05) is 0 Å². The molecule has 0 aromatic heterocycles. The van der Waals surface area contributed by atoms with Crippen LogP contribution in [0.2, 0.25) is 0 Å². The molecule has 0 fully saturated rings. The van der Waals surface area contributed by atoms with Crippen LogP contribution < -0.4 is 0 Å². The van der Waals surface area contributed by atoms with Gasteiger partial charge in [-0.05, 0) is 0 Å². The molecule has 3 nitrogen and oxygen atoms in total. The molecule has 0 aliphatic heterocycles. The molecule has 2 N–H and O–H groups in total. The lowest BCUT2D eigenvalue weighted by Gasteiger charge is -1.99. The minimum absolute atomic E-state index is 0.448. The standard InChI is InChI=1S/C2H6O3S/c3-1-6(5)2-4/h3-4H,1-2H2. The number of rotatable bonds is 2. The van der Waals surface area contributed by atoms with Crippen LogP contribution in [0.15, 0.2) is 0 Å². The Balaban J connectivity index is 2.75. The maximum absolute atomic E-state index is 9.79. The highest BCUT2D eigenvalue weighted by Gasteiger charge is 1.94. The highest BCUT2D eigenvalue weighted by molar-refractivity contribution is 7.90. The molecule has 6 heavy (non-hydrogen) atoms. The minimum atomic E-state index is -1.42. The molecule has 0 amide bonds. The smallest absolute Gasteiger partial charge is 0.205 e. The zero-order chi connectivity index (χ0) is 4.99. The fraction of sp³-hybridized carbons (Fsp3) is 1.00. The van der Waals surface area contributed by atoms with E-state index in [-0.39, 0.29) is 0 Å². The predicted octanol–water partition coefficient (Wildman–Crippen LogP) is -1.37. The predicted molar refractivity (Wildman–Crippen MR) is 22.3 cm³/mol. The summed E-state index contributed by atoms with van der Waals surface area (Å²) in [7, 11) is 0. The van der Waals surface area contributed by atoms with Crippen molar-refractivity contribution in [2.75, 3.05) is 11.9 Å². The summed E-state index contributed by atoms with van der Waals surface area (Å²) in [5.74, 6) is -0.896. The number of aliphatic hydroxyl groups is 2. The van der Waals surface area contributed by atoms with Crippen molar-refractivity contribution in [3.8, 4) is 0 Å². The Hall–Kier alpha value is 0.230. The first-order valence-electron chi connectivity index (χ1n) is 1.38. The molecule has 0 spiro atoms. The summed E-state index contributed by atoms with van der Waals surface area (Å²) < 4.78 is 9.79. The van der Waals surface area contributed by atoms with Crippen LogP contribution in [-0.4, -0.2) is 26.6 Å². The van der Waals surface area contributed by atoms with Crippen LogP contribution in [-0.2, 0) is 11.2 Å². The third-order valence-electron chi connectivity index (χ3n) is 0.288.